The molecule has 0 spiro atoms. The van der Waals surface area contributed by atoms with Crippen molar-refractivity contribution in [3.8, 4) is 0 Å². The van der Waals surface area contributed by atoms with Gasteiger partial charge in [-0.3, -0.25) is 9.59 Å². The molecule has 3 aliphatic carbocycles. The van der Waals surface area contributed by atoms with E-state index in [1.165, 1.54) is 11.8 Å². The fourth-order valence-electron chi connectivity index (χ4n) is 9.10. The Morgan fingerprint density at radius 2 is 1.62 bits per heavy atom. The SMILES string of the molecule is COC(=O)OC(C(=O)OC1CC2(O)CC3[C@]4(O)COC4CC(OCSC)[C@@]3(C)C(=O)C(O)C(=C1C)C2(C)C)C(NC(=O)c1ccccc1)c1ccccc1.[Ac].[Ac]. The number of thioether (sulfide) groups is 1. The van der Waals surface area contributed by atoms with Crippen LogP contribution in [0.1, 0.15) is 68.9 Å². The Balaban J connectivity index is 0.00000348. The molecular weight excluding hydrogens is 1170 g/mol. The fourth-order valence-corrected chi connectivity index (χ4v) is 9.40. The summed E-state index contributed by atoms with van der Waals surface area (Å²) in [7, 11) is 1.07. The number of aliphatic hydroxyl groups is 3. The number of hydrogen-bond acceptors (Lipinski definition) is 13. The largest absolute Gasteiger partial charge is 0.508 e. The minimum Gasteiger partial charge on any atom is -0.455 e. The summed E-state index contributed by atoms with van der Waals surface area (Å²) in [4.78, 5) is 55.2. The summed E-state index contributed by atoms with van der Waals surface area (Å²) in [5.74, 6) is -2.85. The normalized spacial score (nSPS) is 32.5. The molecule has 2 bridgehead atoms. The third-order valence-corrected chi connectivity index (χ3v) is 12.8. The van der Waals surface area contributed by atoms with E-state index in [1.807, 2.05) is 6.26 Å². The first-order valence-corrected chi connectivity index (χ1v) is 19.4. The van der Waals surface area contributed by atoms with Crippen LogP contribution in [0.15, 0.2) is 71.8 Å². The van der Waals surface area contributed by atoms with Gasteiger partial charge in [0.15, 0.2) is 5.78 Å². The maximum absolute atomic E-state index is 14.7. The number of carbonyl (C=O) groups is 4. The predicted molar refractivity (Wildman–Crippen MR) is 196 cm³/mol. The molecule has 4 N–H and O–H groups in total. The molecule has 2 saturated carbocycles. The number of aliphatic hydroxyl groups excluding tert-OH is 1. The van der Waals surface area contributed by atoms with E-state index in [-0.39, 0.29) is 131 Å². The van der Waals surface area contributed by atoms with Crippen molar-refractivity contribution >= 4 is 35.6 Å². The summed E-state index contributed by atoms with van der Waals surface area (Å²) in [5.41, 5.74) is -4.67. The van der Waals surface area contributed by atoms with E-state index < -0.39 is 88.3 Å². The number of benzene rings is 2. The number of carbonyl (C=O) groups excluding carboxylic acids is 4. The standard InChI is InChI=1S/C40H49NO12S.2Ac/c1-22-25(52-35(45)32(53-36(46)49-5)30(23-13-9-7-10-14-23)41-34(44)24-15-11-8-12-16-24)18-39(47)19-26-38(4,33(43)31(42)29(22)37(39,2)3)27(51-21-54-6)17-28-40(26,48)20-50-28;;/h7-16,25-28,30-32,42,47-48H,17-21H2,1-6H3,(H,41,44);;/t25?,26?,27?,28?,30?,31?,32?,38-,39?,40+;;/m0../s1. The summed E-state index contributed by atoms with van der Waals surface area (Å²) < 4.78 is 28.4. The first-order valence-electron chi connectivity index (χ1n) is 18.0. The van der Waals surface area contributed by atoms with Gasteiger partial charge < -0.3 is 44.3 Å². The molecule has 298 valence electrons. The number of ketones is 1. The van der Waals surface area contributed by atoms with Crippen LogP contribution in [0.2, 0.25) is 0 Å². The van der Waals surface area contributed by atoms with E-state index in [2.05, 4.69) is 5.32 Å². The molecule has 2 radical (unpaired) electrons. The average Bonchev–Trinajstić information content (AvgIpc) is 3.15. The summed E-state index contributed by atoms with van der Waals surface area (Å²) >= 11 is 1.43. The van der Waals surface area contributed by atoms with Crippen molar-refractivity contribution in [3.05, 3.63) is 82.9 Å². The Kier molecular flexibility index (Phi) is 16.0. The molecule has 10 atom stereocenters. The van der Waals surface area contributed by atoms with Gasteiger partial charge in [-0.25, -0.2) is 9.59 Å². The number of amides is 1. The third-order valence-electron chi connectivity index (χ3n) is 12.4. The van der Waals surface area contributed by atoms with Gasteiger partial charge in [-0.2, -0.15) is 0 Å². The van der Waals surface area contributed by atoms with Gasteiger partial charge in [0, 0.05) is 118 Å². The number of methoxy groups -OCH3 is 1. The van der Waals surface area contributed by atoms with Crippen molar-refractivity contribution in [2.24, 2.45) is 16.7 Å². The number of hydrogen-bond donors (Lipinski definition) is 4. The van der Waals surface area contributed by atoms with Gasteiger partial charge in [-0.05, 0) is 55.4 Å². The Labute approximate surface area is 402 Å². The van der Waals surface area contributed by atoms with E-state index in [0.29, 0.717) is 11.1 Å². The van der Waals surface area contributed by atoms with Crippen molar-refractivity contribution in [2.45, 2.75) is 94.7 Å². The second-order valence-corrected chi connectivity index (χ2v) is 16.3. The van der Waals surface area contributed by atoms with Gasteiger partial charge in [0.1, 0.15) is 23.9 Å². The number of esters is 1. The van der Waals surface area contributed by atoms with Gasteiger partial charge >= 0.3 is 12.1 Å². The Hall–Kier alpha value is -0.907. The Morgan fingerprint density at radius 3 is 2.20 bits per heavy atom. The molecule has 1 saturated heterocycles. The average molecular weight is 1220 g/mol. The van der Waals surface area contributed by atoms with Crippen LogP contribution >= 0.6 is 11.8 Å². The molecule has 8 unspecified atom stereocenters. The maximum Gasteiger partial charge on any atom is 0.508 e. The van der Waals surface area contributed by atoms with Crippen LogP contribution in [0.3, 0.4) is 0 Å². The molecule has 1 amide bonds. The van der Waals surface area contributed by atoms with Crippen molar-refractivity contribution in [1.29, 1.82) is 0 Å². The van der Waals surface area contributed by atoms with Gasteiger partial charge in [0.25, 0.3) is 5.91 Å². The van der Waals surface area contributed by atoms with Gasteiger partial charge in [0.05, 0.1) is 42.9 Å². The number of Topliss-reactive ketones (excluding diaryl/α,β-unsaturated/α-hetero) is 1. The van der Waals surface area contributed by atoms with E-state index in [0.717, 1.165) is 7.11 Å². The molecule has 0 aromatic heterocycles. The Bertz CT molecular complexity index is 1800. The van der Waals surface area contributed by atoms with Crippen molar-refractivity contribution in [1.82, 2.24) is 5.32 Å². The zero-order valence-corrected chi connectivity index (χ0v) is 42.7. The number of fused-ring (bicyclic) bond motifs is 5. The smallest absolute Gasteiger partial charge is 0.455 e. The van der Waals surface area contributed by atoms with E-state index in [4.69, 9.17) is 23.7 Å². The number of nitrogens with one attached hydrogen (secondary N) is 1. The van der Waals surface area contributed by atoms with E-state index >= 15 is 0 Å². The van der Waals surface area contributed by atoms with Crippen LogP contribution in [0, 0.1) is 105 Å². The van der Waals surface area contributed by atoms with Crippen LogP contribution < -0.4 is 5.32 Å². The Morgan fingerprint density at radius 1 is 1.00 bits per heavy atom. The van der Waals surface area contributed by atoms with Crippen LogP contribution in [0.5, 0.6) is 0 Å². The van der Waals surface area contributed by atoms with E-state index in [9.17, 15) is 34.5 Å². The molecule has 13 nitrogen and oxygen atoms in total. The molecule has 4 aliphatic rings. The van der Waals surface area contributed by atoms with Crippen molar-refractivity contribution < 1.29 is 146 Å². The molecule has 16 heteroatoms. The summed E-state index contributed by atoms with van der Waals surface area (Å²) in [6, 6.07) is 15.5. The van der Waals surface area contributed by atoms with Crippen molar-refractivity contribution in [3.63, 3.8) is 0 Å². The predicted octanol–water partition coefficient (Wildman–Crippen LogP) is 3.89. The van der Waals surface area contributed by atoms with Crippen LogP contribution in [-0.2, 0) is 33.3 Å². The van der Waals surface area contributed by atoms with Gasteiger partial charge in [-0.1, -0.05) is 62.4 Å². The minimum atomic E-state index is -1.78. The number of ether oxygens (including phenoxy) is 5. The number of rotatable bonds is 10. The summed E-state index contributed by atoms with van der Waals surface area (Å²) in [6.45, 7) is 6.70. The molecule has 6 rings (SSSR count). The van der Waals surface area contributed by atoms with Crippen LogP contribution in [0.4, 0.5) is 4.79 Å². The quantitative estimate of drug-likeness (QED) is 0.153. The zero-order chi connectivity index (χ0) is 39.2. The first kappa shape index (κ1) is 47.8. The third kappa shape index (κ3) is 8.51. The van der Waals surface area contributed by atoms with E-state index in [1.54, 1.807) is 88.4 Å². The molecule has 2 aromatic rings. The van der Waals surface area contributed by atoms with Crippen LogP contribution in [0.25, 0.3) is 0 Å². The molecule has 1 aliphatic heterocycles. The molecule has 56 heavy (non-hydrogen) atoms. The molecule has 2 aromatic carbocycles. The molecule has 1 heterocycles. The summed E-state index contributed by atoms with van der Waals surface area (Å²) in [6.07, 6.45) is -5.56. The fraction of sp³-hybridized carbons (Fsp3) is 0.550. The second kappa shape index (κ2) is 18.8. The maximum atomic E-state index is 14.7. The van der Waals surface area contributed by atoms with Gasteiger partial charge in [-0.15, -0.1) is 11.8 Å². The topological polar surface area (TPSA) is 187 Å². The molecular formula is C40H49Ac2NO12S. The molecule has 3 fully saturated rings. The first-order chi connectivity index (χ1) is 25.5. The van der Waals surface area contributed by atoms with Crippen LogP contribution in [-0.4, -0.2) is 107 Å². The second-order valence-electron chi connectivity index (χ2n) is 15.5. The summed E-state index contributed by atoms with van der Waals surface area (Å²) in [5, 5.41) is 39.8. The van der Waals surface area contributed by atoms with Gasteiger partial charge in [0.2, 0.25) is 6.10 Å². The zero-order valence-electron chi connectivity index (χ0n) is 32.4. The van der Waals surface area contributed by atoms with Crippen molar-refractivity contribution in [2.75, 3.05) is 25.9 Å². The minimum absolute atomic E-state index is 0. The monoisotopic (exact) mass is 1220 g/mol.